The third-order valence-electron chi connectivity index (χ3n) is 0.882. The van der Waals surface area contributed by atoms with E-state index in [0.29, 0.717) is 5.78 Å². The van der Waals surface area contributed by atoms with Crippen molar-refractivity contribution < 1.29 is 4.79 Å². The molecule has 0 saturated heterocycles. The second kappa shape index (κ2) is 4.36. The van der Waals surface area contributed by atoms with E-state index in [1.807, 2.05) is 0 Å². The molecule has 0 amide bonds. The predicted molar refractivity (Wildman–Crippen MR) is 33.1 cm³/mol. The summed E-state index contributed by atoms with van der Waals surface area (Å²) >= 11 is 0.0247. The first-order chi connectivity index (χ1) is 3.27. The van der Waals surface area contributed by atoms with Crippen LogP contribution in [-0.2, 0) is 4.79 Å². The molecule has 0 unspecified atom stereocenters. The van der Waals surface area contributed by atoms with Crippen molar-refractivity contribution in [3.8, 4) is 0 Å². The van der Waals surface area contributed by atoms with Crippen molar-refractivity contribution in [1.29, 1.82) is 0 Å². The molecule has 0 aliphatic carbocycles. The summed E-state index contributed by atoms with van der Waals surface area (Å²) in [6, 6.07) is 0. The molecule has 0 saturated carbocycles. The van der Waals surface area contributed by atoms with E-state index in [0.717, 1.165) is 5.28 Å². The van der Waals surface area contributed by atoms with Crippen LogP contribution in [0.1, 0.15) is 13.8 Å². The predicted octanol–water partition coefficient (Wildman–Crippen LogP) is 0.868. The number of ketones is 1. The van der Waals surface area contributed by atoms with Gasteiger partial charge in [-0.3, -0.25) is 0 Å². The van der Waals surface area contributed by atoms with Gasteiger partial charge < -0.3 is 4.79 Å². The Balaban J connectivity index is 2.82. The van der Waals surface area contributed by atoms with Crippen LogP contribution in [0.25, 0.3) is 0 Å². The first-order valence-electron chi connectivity index (χ1n) is 2.76. The monoisotopic (exact) mass is 114 g/mol. The van der Waals surface area contributed by atoms with Crippen molar-refractivity contribution in [2.75, 3.05) is 0 Å². The topological polar surface area (TPSA) is 17.1 Å². The molecule has 0 aliphatic rings. The summed E-state index contributed by atoms with van der Waals surface area (Å²) in [4.78, 5) is 10.2. The summed E-state index contributed by atoms with van der Waals surface area (Å²) < 4.78 is 0. The summed E-state index contributed by atoms with van der Waals surface area (Å²) in [5.41, 5.74) is 0. The van der Waals surface area contributed by atoms with E-state index in [-0.39, 0.29) is 15.2 Å². The maximum absolute atomic E-state index is 10.2. The minimum absolute atomic E-state index is 0.0247. The number of carbonyl (C=O) groups is 1. The lowest BCUT2D eigenvalue weighted by Crippen LogP contribution is -1.94. The van der Waals surface area contributed by atoms with Gasteiger partial charge in [0.05, 0.1) is 0 Å². The average Bonchev–Trinajstić information content (AvgIpc) is 1.61. The van der Waals surface area contributed by atoms with Crippen molar-refractivity contribution in [3.05, 3.63) is 0 Å². The van der Waals surface area contributed by atoms with Crippen molar-refractivity contribution in [2.24, 2.45) is 0 Å². The van der Waals surface area contributed by atoms with E-state index in [1.54, 1.807) is 6.92 Å². The molecule has 40 valence electrons. The van der Waals surface area contributed by atoms with Gasteiger partial charge in [0.25, 0.3) is 0 Å². The standard InChI is InChI=1S/C3H5O.C2H5.Al.H/c1-3(2)4;1-2;;/h1H2,2H3;1H2,2H3;;. The van der Waals surface area contributed by atoms with Crippen LogP contribution in [0, 0.1) is 0 Å². The lowest BCUT2D eigenvalue weighted by Gasteiger charge is -1.82. The van der Waals surface area contributed by atoms with E-state index < -0.39 is 0 Å². The van der Waals surface area contributed by atoms with Crippen LogP contribution < -0.4 is 0 Å². The number of carbonyl (C=O) groups excluding carboxylic acids is 1. The van der Waals surface area contributed by atoms with E-state index in [2.05, 4.69) is 6.92 Å². The van der Waals surface area contributed by atoms with Crippen LogP contribution in [0.5, 0.6) is 0 Å². The second-order valence-electron chi connectivity index (χ2n) is 1.81. The highest BCUT2D eigenvalue weighted by Crippen LogP contribution is 1.83. The van der Waals surface area contributed by atoms with Crippen LogP contribution in [0.2, 0.25) is 10.6 Å². The molecule has 0 bridgehead atoms. The molecule has 0 aromatic carbocycles. The van der Waals surface area contributed by atoms with Gasteiger partial charge in [0.1, 0.15) is 5.78 Å². The summed E-state index contributed by atoms with van der Waals surface area (Å²) in [5, 5.41) is 2.16. The molecule has 0 rings (SSSR count). The van der Waals surface area contributed by atoms with Gasteiger partial charge >= 0.3 is 0 Å². The average molecular weight is 114 g/mol. The van der Waals surface area contributed by atoms with Crippen molar-refractivity contribution in [3.63, 3.8) is 0 Å². The van der Waals surface area contributed by atoms with E-state index in [4.69, 9.17) is 0 Å². The van der Waals surface area contributed by atoms with Crippen LogP contribution in [-0.4, -0.2) is 21.0 Å². The first-order valence-corrected chi connectivity index (χ1v) is 4.76. The molecule has 1 nitrogen and oxygen atoms in total. The Morgan fingerprint density at radius 3 is 2.43 bits per heavy atom. The van der Waals surface area contributed by atoms with Gasteiger partial charge in [0, 0.05) is 0 Å². The van der Waals surface area contributed by atoms with Crippen LogP contribution in [0.3, 0.4) is 0 Å². The Morgan fingerprint density at radius 1 is 1.71 bits per heavy atom. The molecule has 0 radical (unpaired) electrons. The molecular weight excluding hydrogens is 103 g/mol. The van der Waals surface area contributed by atoms with Crippen LogP contribution in [0.4, 0.5) is 0 Å². The molecule has 0 aromatic heterocycles. The largest absolute Gasteiger partial charge is 0.301 e. The van der Waals surface area contributed by atoms with Crippen molar-refractivity contribution in [2.45, 2.75) is 24.4 Å². The molecule has 0 spiro atoms. The molecule has 0 aliphatic heterocycles. The summed E-state index contributed by atoms with van der Waals surface area (Å²) in [7, 11) is 0. The molecule has 0 aromatic rings. The smallest absolute Gasteiger partial charge is 0.247 e. The third-order valence-corrected chi connectivity index (χ3v) is 2.65. The summed E-state index contributed by atoms with van der Waals surface area (Å²) in [5.74, 6) is 0.369. The highest BCUT2D eigenvalue weighted by atomic mass is 27.1. The molecule has 0 atom stereocenters. The normalized spacial score (nSPS) is 8.29. The van der Waals surface area contributed by atoms with Crippen LogP contribution in [0.15, 0.2) is 0 Å². The van der Waals surface area contributed by atoms with Crippen molar-refractivity contribution >= 4 is 21.0 Å². The SMILES string of the molecule is C[CH2][AlH][CH2]C(C)=O. The molecule has 0 heterocycles. The minimum atomic E-state index is 0.0247. The minimum Gasteiger partial charge on any atom is -0.301 e. The Morgan fingerprint density at radius 2 is 2.29 bits per heavy atom. The summed E-state index contributed by atoms with van der Waals surface area (Å²) in [6.45, 7) is 3.82. The van der Waals surface area contributed by atoms with E-state index in [9.17, 15) is 4.79 Å². The maximum atomic E-state index is 10.2. The lowest BCUT2D eigenvalue weighted by atomic mass is 10.5. The lowest BCUT2D eigenvalue weighted by molar-refractivity contribution is -0.114. The highest BCUT2D eigenvalue weighted by molar-refractivity contribution is 6.41. The van der Waals surface area contributed by atoms with Gasteiger partial charge in [-0.2, -0.15) is 0 Å². The highest BCUT2D eigenvalue weighted by Gasteiger charge is 1.91. The fraction of sp³-hybridized carbons (Fsp3) is 0.800. The Kier molecular flexibility index (Phi) is 4.49. The number of hydrogen-bond donors (Lipinski definition) is 0. The molecule has 2 heteroatoms. The first kappa shape index (κ1) is 7.20. The van der Waals surface area contributed by atoms with E-state index >= 15 is 0 Å². The molecular formula is C5H11AlO. The number of hydrogen-bond acceptors (Lipinski definition) is 1. The quantitative estimate of drug-likeness (QED) is 0.497. The maximum Gasteiger partial charge on any atom is 0.247 e. The van der Waals surface area contributed by atoms with Gasteiger partial charge in [-0.1, -0.05) is 12.2 Å². The third kappa shape index (κ3) is 6.20. The Labute approximate surface area is 50.8 Å². The fourth-order valence-corrected chi connectivity index (χ4v) is 1.28. The Hall–Kier alpha value is 0.202. The van der Waals surface area contributed by atoms with Crippen molar-refractivity contribution in [1.82, 2.24) is 0 Å². The Bertz CT molecular complexity index is 61.1. The zero-order valence-electron chi connectivity index (χ0n) is 5.03. The van der Waals surface area contributed by atoms with E-state index in [1.165, 1.54) is 5.28 Å². The van der Waals surface area contributed by atoms with Gasteiger partial charge in [0.15, 0.2) is 0 Å². The van der Waals surface area contributed by atoms with Gasteiger partial charge in [-0.25, -0.2) is 0 Å². The molecule has 0 fully saturated rings. The fourth-order valence-electron chi connectivity index (χ4n) is 0.426. The second-order valence-corrected chi connectivity index (χ2v) is 4.01. The zero-order chi connectivity index (χ0) is 5.70. The summed E-state index contributed by atoms with van der Waals surface area (Å²) in [6.07, 6.45) is 0. The molecule has 0 N–H and O–H groups in total. The van der Waals surface area contributed by atoms with Gasteiger partial charge in [-0.15, -0.1) is 0 Å². The molecule has 7 heavy (non-hydrogen) atoms. The number of Topliss-reactive ketones (excluding diaryl/α,β-unsaturated/α-hetero) is 1. The van der Waals surface area contributed by atoms with Crippen LogP contribution >= 0.6 is 0 Å². The number of rotatable bonds is 3. The van der Waals surface area contributed by atoms with Gasteiger partial charge in [-0.05, 0) is 12.2 Å². The van der Waals surface area contributed by atoms with Gasteiger partial charge in [0.2, 0.25) is 15.2 Å². The zero-order valence-corrected chi connectivity index (χ0v) is 6.44.